The molecule has 2 aliphatic rings. The summed E-state index contributed by atoms with van der Waals surface area (Å²) < 4.78 is 5.23. The van der Waals surface area contributed by atoms with Crippen molar-refractivity contribution in [3.05, 3.63) is 59.7 Å². The molecule has 0 aromatic heterocycles. The molecule has 1 atom stereocenters. The molecule has 0 unspecified atom stereocenters. The van der Waals surface area contributed by atoms with Gasteiger partial charge in [-0.05, 0) is 50.2 Å². The fourth-order valence-electron chi connectivity index (χ4n) is 4.46. The number of hydrogen-bond acceptors (Lipinski definition) is 3. The third-order valence-corrected chi connectivity index (χ3v) is 6.42. The number of ether oxygens (including phenoxy) is 1. The predicted molar refractivity (Wildman–Crippen MR) is 118 cm³/mol. The van der Waals surface area contributed by atoms with Gasteiger partial charge in [-0.1, -0.05) is 17.7 Å². The third kappa shape index (κ3) is 4.57. The summed E-state index contributed by atoms with van der Waals surface area (Å²) >= 11 is 0. The van der Waals surface area contributed by atoms with Crippen LogP contribution >= 0.6 is 0 Å². The summed E-state index contributed by atoms with van der Waals surface area (Å²) in [7, 11) is 1.68. The zero-order valence-corrected chi connectivity index (χ0v) is 18.6. The smallest absolute Gasteiger partial charge is 0.336 e. The van der Waals surface area contributed by atoms with Gasteiger partial charge in [0.05, 0.1) is 7.11 Å². The Balaban J connectivity index is 1.33. The maximum Gasteiger partial charge on any atom is 0.336 e. The van der Waals surface area contributed by atoms with Crippen LogP contribution in [0.1, 0.15) is 18.1 Å². The van der Waals surface area contributed by atoms with Gasteiger partial charge in [-0.2, -0.15) is 0 Å². The van der Waals surface area contributed by atoms with Gasteiger partial charge in [0.15, 0.2) is 6.67 Å². The first kappa shape index (κ1) is 21.3. The Kier molecular flexibility index (Phi) is 6.25. The van der Waals surface area contributed by atoms with Gasteiger partial charge in [-0.25, -0.2) is 9.69 Å². The summed E-state index contributed by atoms with van der Waals surface area (Å²) in [6.07, 6.45) is 0. The Morgan fingerprint density at radius 1 is 0.935 bits per heavy atom. The summed E-state index contributed by atoms with van der Waals surface area (Å²) in [6, 6.07) is 15.3. The minimum Gasteiger partial charge on any atom is -0.497 e. The van der Waals surface area contributed by atoms with Crippen LogP contribution < -0.4 is 19.4 Å². The topological polar surface area (TPSA) is 58.7 Å². The van der Waals surface area contributed by atoms with Crippen molar-refractivity contribution in [2.24, 2.45) is 0 Å². The number of nitrogens with one attached hydrogen (secondary N) is 2. The second kappa shape index (κ2) is 9.08. The summed E-state index contributed by atoms with van der Waals surface area (Å²) in [5.74, 6) is 0.771. The highest BCUT2D eigenvalue weighted by Gasteiger charge is 2.45. The molecule has 2 aliphatic heterocycles. The summed E-state index contributed by atoms with van der Waals surface area (Å²) in [5, 5.41) is 0. The Hall–Kier alpha value is -2.90. The number of imide groups is 1. The van der Waals surface area contributed by atoms with Gasteiger partial charge in [0, 0.05) is 11.3 Å². The second-order valence-electron chi connectivity index (χ2n) is 8.61. The number of nitrogens with zero attached hydrogens (tertiary/aromatic N) is 2. The highest BCUT2D eigenvalue weighted by molar-refractivity contribution is 6.13. The first-order valence-corrected chi connectivity index (χ1v) is 11.0. The number of urea groups is 1. The van der Waals surface area contributed by atoms with Gasteiger partial charge in [-0.3, -0.25) is 9.69 Å². The Morgan fingerprint density at radius 3 is 2.16 bits per heavy atom. The zero-order chi connectivity index (χ0) is 22.0. The van der Waals surface area contributed by atoms with Crippen LogP contribution in [0.5, 0.6) is 5.75 Å². The molecule has 2 N–H and O–H groups in total. The van der Waals surface area contributed by atoms with Crippen molar-refractivity contribution >= 4 is 17.6 Å². The molecule has 2 aromatic rings. The quantitative estimate of drug-likeness (QED) is 0.647. The van der Waals surface area contributed by atoms with E-state index in [2.05, 4.69) is 12.1 Å². The van der Waals surface area contributed by atoms with E-state index >= 15 is 0 Å². The van der Waals surface area contributed by atoms with E-state index in [-0.39, 0.29) is 11.9 Å². The monoisotopic (exact) mass is 424 g/mol. The highest BCUT2D eigenvalue weighted by Crippen LogP contribution is 2.25. The Morgan fingerprint density at radius 2 is 1.55 bits per heavy atom. The number of carbonyl (C=O) groups is 2. The van der Waals surface area contributed by atoms with Gasteiger partial charge < -0.3 is 14.5 Å². The number of piperazine rings is 1. The van der Waals surface area contributed by atoms with Gasteiger partial charge in [-0.15, -0.1) is 0 Å². The first-order chi connectivity index (χ1) is 15.0. The highest BCUT2D eigenvalue weighted by atomic mass is 16.5. The fraction of sp³-hybridized carbons (Fsp3) is 0.417. The van der Waals surface area contributed by atoms with Crippen molar-refractivity contribution < 1.29 is 24.1 Å². The van der Waals surface area contributed by atoms with E-state index in [0.717, 1.165) is 49.7 Å². The van der Waals surface area contributed by atoms with Crippen molar-refractivity contribution in [3.63, 3.8) is 0 Å². The minimum atomic E-state index is -0.461. The fourth-order valence-corrected chi connectivity index (χ4v) is 4.46. The maximum atomic E-state index is 13.0. The lowest BCUT2D eigenvalue weighted by Gasteiger charge is -2.31. The molecule has 2 fully saturated rings. The molecule has 0 radical (unpaired) electrons. The molecule has 0 saturated carbocycles. The summed E-state index contributed by atoms with van der Waals surface area (Å²) in [5.41, 5.74) is 3.21. The first-order valence-electron chi connectivity index (χ1n) is 11.0. The van der Waals surface area contributed by atoms with Gasteiger partial charge in [0.2, 0.25) is 0 Å². The SMILES string of the molecule is COc1ccc(C[NH+]2CC[NH+](CN3C(=O)[C@H](C)N(c4ccc(C)cc4)C3=O)CC2)cc1. The number of amides is 3. The molecule has 2 saturated heterocycles. The van der Waals surface area contributed by atoms with Crippen molar-refractivity contribution in [2.75, 3.05) is 44.9 Å². The van der Waals surface area contributed by atoms with Crippen LogP contribution in [-0.2, 0) is 11.3 Å². The molecule has 0 aliphatic carbocycles. The number of benzene rings is 2. The molecule has 4 rings (SSSR count). The lowest BCUT2D eigenvalue weighted by atomic mass is 10.2. The van der Waals surface area contributed by atoms with Crippen LogP contribution in [0, 0.1) is 6.92 Å². The number of quaternary nitrogens is 2. The minimum absolute atomic E-state index is 0.105. The Labute approximate surface area is 183 Å². The number of aryl methyl sites for hydroxylation is 1. The largest absolute Gasteiger partial charge is 0.497 e. The van der Waals surface area contributed by atoms with Crippen LogP contribution in [-0.4, -0.2) is 62.8 Å². The Bertz CT molecular complexity index is 921. The van der Waals surface area contributed by atoms with Crippen molar-refractivity contribution in [3.8, 4) is 5.75 Å². The van der Waals surface area contributed by atoms with E-state index in [1.165, 1.54) is 20.3 Å². The molecule has 164 valence electrons. The molecule has 7 nitrogen and oxygen atoms in total. The second-order valence-corrected chi connectivity index (χ2v) is 8.61. The molecular formula is C24H32N4O3+2. The molecule has 7 heteroatoms. The lowest BCUT2D eigenvalue weighted by molar-refractivity contribution is -1.02. The van der Waals surface area contributed by atoms with Gasteiger partial charge in [0.25, 0.3) is 5.91 Å². The summed E-state index contributed by atoms with van der Waals surface area (Å²) in [4.78, 5) is 31.8. The van der Waals surface area contributed by atoms with E-state index in [1.54, 1.807) is 12.0 Å². The lowest BCUT2D eigenvalue weighted by Crippen LogP contribution is -3.28. The van der Waals surface area contributed by atoms with Crippen LogP contribution in [0.15, 0.2) is 48.5 Å². The normalized spacial score (nSPS) is 24.0. The van der Waals surface area contributed by atoms with E-state index in [4.69, 9.17) is 4.74 Å². The predicted octanol–water partition coefficient (Wildman–Crippen LogP) is 0.102. The zero-order valence-electron chi connectivity index (χ0n) is 18.6. The van der Waals surface area contributed by atoms with E-state index in [0.29, 0.717) is 6.67 Å². The number of anilines is 1. The molecule has 2 heterocycles. The molecule has 2 aromatic carbocycles. The van der Waals surface area contributed by atoms with E-state index in [1.807, 2.05) is 50.2 Å². The number of rotatable bonds is 6. The van der Waals surface area contributed by atoms with Gasteiger partial charge >= 0.3 is 6.03 Å². The van der Waals surface area contributed by atoms with Crippen LogP contribution in [0.2, 0.25) is 0 Å². The summed E-state index contributed by atoms with van der Waals surface area (Å²) in [6.45, 7) is 9.19. The number of carbonyl (C=O) groups excluding carboxylic acids is 2. The molecular weight excluding hydrogens is 392 g/mol. The third-order valence-electron chi connectivity index (χ3n) is 6.42. The van der Waals surface area contributed by atoms with Crippen molar-refractivity contribution in [1.82, 2.24) is 4.90 Å². The maximum absolute atomic E-state index is 13.0. The number of methoxy groups -OCH3 is 1. The van der Waals surface area contributed by atoms with E-state index < -0.39 is 6.04 Å². The van der Waals surface area contributed by atoms with Crippen molar-refractivity contribution in [2.45, 2.75) is 26.4 Å². The average molecular weight is 425 g/mol. The molecule has 31 heavy (non-hydrogen) atoms. The van der Waals surface area contributed by atoms with Gasteiger partial charge in [0.1, 0.15) is 44.5 Å². The standard InChI is InChI=1S/C24H30N4O3/c1-18-4-8-21(9-5-18)28-19(2)23(29)27(24(28)30)17-26-14-12-25(13-15-26)16-20-6-10-22(31-3)11-7-20/h4-11,19H,12-17H2,1-3H3/p+2/t19-/m0/s1. The molecule has 3 amide bonds. The molecule has 0 spiro atoms. The van der Waals surface area contributed by atoms with Crippen molar-refractivity contribution in [1.29, 1.82) is 0 Å². The van der Waals surface area contributed by atoms with E-state index in [9.17, 15) is 9.59 Å². The number of hydrogen-bond donors (Lipinski definition) is 2. The van der Waals surface area contributed by atoms with Crippen LogP contribution in [0.25, 0.3) is 0 Å². The van der Waals surface area contributed by atoms with Crippen LogP contribution in [0.3, 0.4) is 0 Å². The van der Waals surface area contributed by atoms with Crippen LogP contribution in [0.4, 0.5) is 10.5 Å². The molecule has 0 bridgehead atoms. The average Bonchev–Trinajstić information content (AvgIpc) is 2.99.